The predicted molar refractivity (Wildman–Crippen MR) is 86.8 cm³/mol. The van der Waals surface area contributed by atoms with E-state index in [9.17, 15) is 0 Å². The molecular formula is C15H21N5S. The Labute approximate surface area is 128 Å². The van der Waals surface area contributed by atoms with E-state index in [4.69, 9.17) is 5.73 Å². The van der Waals surface area contributed by atoms with Gasteiger partial charge in [-0.3, -0.25) is 4.90 Å². The first-order valence-corrected chi connectivity index (χ1v) is 8.58. The lowest BCUT2D eigenvalue weighted by molar-refractivity contribution is 0.154. The molecule has 2 fully saturated rings. The molecule has 21 heavy (non-hydrogen) atoms. The molecule has 0 radical (unpaired) electrons. The summed E-state index contributed by atoms with van der Waals surface area (Å²) in [4.78, 5) is 13.8. The lowest BCUT2D eigenvalue weighted by atomic mass is 9.80. The molecule has 2 aromatic heterocycles. The van der Waals surface area contributed by atoms with Gasteiger partial charge in [-0.05, 0) is 30.2 Å². The third-order valence-electron chi connectivity index (χ3n) is 4.68. The van der Waals surface area contributed by atoms with E-state index >= 15 is 0 Å². The van der Waals surface area contributed by atoms with Crippen molar-refractivity contribution in [3.05, 3.63) is 17.8 Å². The van der Waals surface area contributed by atoms with Crippen LogP contribution in [-0.2, 0) is 0 Å². The molecular weight excluding hydrogens is 282 g/mol. The Bertz CT molecular complexity index is 613. The maximum Gasteiger partial charge on any atom is 0.150 e. The summed E-state index contributed by atoms with van der Waals surface area (Å²) >= 11 is 1.74. The first-order chi connectivity index (χ1) is 10.3. The summed E-state index contributed by atoms with van der Waals surface area (Å²) in [5, 5.41) is 2.10. The monoisotopic (exact) mass is 303 g/mol. The second kappa shape index (κ2) is 5.51. The topological polar surface area (TPSA) is 58.3 Å². The number of anilines is 1. The highest BCUT2D eigenvalue weighted by Gasteiger charge is 2.29. The van der Waals surface area contributed by atoms with Gasteiger partial charge in [-0.1, -0.05) is 0 Å². The number of aromatic nitrogens is 2. The van der Waals surface area contributed by atoms with Crippen LogP contribution in [0.15, 0.2) is 17.8 Å². The fourth-order valence-electron chi connectivity index (χ4n) is 3.44. The minimum atomic E-state index is 0.462. The first-order valence-electron chi connectivity index (χ1n) is 7.70. The second-order valence-electron chi connectivity index (χ2n) is 6.22. The number of rotatable bonds is 3. The molecule has 0 aromatic carbocycles. The number of fused-ring (bicyclic) bond motifs is 1. The van der Waals surface area contributed by atoms with Crippen molar-refractivity contribution in [2.75, 3.05) is 37.6 Å². The van der Waals surface area contributed by atoms with Crippen LogP contribution in [0.4, 0.5) is 5.82 Å². The van der Waals surface area contributed by atoms with Crippen molar-refractivity contribution in [3.63, 3.8) is 0 Å². The van der Waals surface area contributed by atoms with Crippen molar-refractivity contribution in [2.45, 2.75) is 18.9 Å². The second-order valence-corrected chi connectivity index (χ2v) is 7.13. The average Bonchev–Trinajstić information content (AvgIpc) is 2.95. The van der Waals surface area contributed by atoms with Crippen molar-refractivity contribution < 1.29 is 0 Å². The van der Waals surface area contributed by atoms with Gasteiger partial charge in [0.25, 0.3) is 0 Å². The minimum Gasteiger partial charge on any atom is -0.353 e. The Morgan fingerprint density at radius 1 is 1.19 bits per heavy atom. The van der Waals surface area contributed by atoms with Gasteiger partial charge < -0.3 is 10.6 Å². The van der Waals surface area contributed by atoms with Crippen molar-refractivity contribution in [3.8, 4) is 0 Å². The van der Waals surface area contributed by atoms with Crippen LogP contribution in [0.5, 0.6) is 0 Å². The molecule has 0 atom stereocenters. The van der Waals surface area contributed by atoms with Crippen LogP contribution in [0.25, 0.3) is 10.2 Å². The van der Waals surface area contributed by atoms with E-state index in [0.29, 0.717) is 6.04 Å². The number of thiophene rings is 1. The van der Waals surface area contributed by atoms with Crippen LogP contribution in [0.3, 0.4) is 0 Å². The zero-order valence-electron chi connectivity index (χ0n) is 12.1. The summed E-state index contributed by atoms with van der Waals surface area (Å²) in [6, 6.07) is 2.53. The third-order valence-corrected chi connectivity index (χ3v) is 5.58. The summed E-state index contributed by atoms with van der Waals surface area (Å²) in [6.07, 6.45) is 4.11. The van der Waals surface area contributed by atoms with E-state index in [2.05, 4.69) is 31.2 Å². The van der Waals surface area contributed by atoms with Gasteiger partial charge in [-0.25, -0.2) is 9.97 Å². The van der Waals surface area contributed by atoms with E-state index in [1.165, 1.54) is 24.1 Å². The molecule has 1 saturated carbocycles. The van der Waals surface area contributed by atoms with Gasteiger partial charge in [0, 0.05) is 38.8 Å². The van der Waals surface area contributed by atoms with Crippen LogP contribution < -0.4 is 10.6 Å². The molecule has 0 spiro atoms. The molecule has 0 amide bonds. The number of hydrogen-bond acceptors (Lipinski definition) is 6. The molecule has 4 rings (SSSR count). The lowest BCUT2D eigenvalue weighted by Crippen LogP contribution is -2.50. The van der Waals surface area contributed by atoms with Gasteiger partial charge in [0.1, 0.15) is 12.1 Å². The zero-order chi connectivity index (χ0) is 14.2. The van der Waals surface area contributed by atoms with E-state index < -0.39 is 0 Å². The van der Waals surface area contributed by atoms with Crippen molar-refractivity contribution in [2.24, 2.45) is 11.7 Å². The highest BCUT2D eigenvalue weighted by molar-refractivity contribution is 7.17. The molecule has 0 unspecified atom stereocenters. The quantitative estimate of drug-likeness (QED) is 0.932. The van der Waals surface area contributed by atoms with Crippen molar-refractivity contribution >= 4 is 27.4 Å². The number of hydrogen-bond donors (Lipinski definition) is 1. The molecule has 0 bridgehead atoms. The molecule has 6 heteroatoms. The van der Waals surface area contributed by atoms with Crippen molar-refractivity contribution in [1.82, 2.24) is 14.9 Å². The molecule has 5 nitrogen and oxygen atoms in total. The Morgan fingerprint density at radius 3 is 2.76 bits per heavy atom. The Balaban J connectivity index is 1.39. The maximum absolute atomic E-state index is 5.87. The normalized spacial score (nSPS) is 27.0. The predicted octanol–water partition coefficient (Wildman–Crippen LogP) is 1.55. The van der Waals surface area contributed by atoms with Gasteiger partial charge >= 0.3 is 0 Å². The summed E-state index contributed by atoms with van der Waals surface area (Å²) in [7, 11) is 0. The van der Waals surface area contributed by atoms with Gasteiger partial charge in [0.2, 0.25) is 0 Å². The molecule has 1 aliphatic carbocycles. The standard InChI is InChI=1S/C15H21N5S/c16-12-7-11(8-12)9-19-2-4-20(5-3-19)15-14-13(1-6-21-14)17-10-18-15/h1,6,10-12H,2-5,7-9,16H2. The Kier molecular flexibility index (Phi) is 3.52. The van der Waals surface area contributed by atoms with Crippen LogP contribution >= 0.6 is 11.3 Å². The van der Waals surface area contributed by atoms with E-state index in [-0.39, 0.29) is 0 Å². The summed E-state index contributed by atoms with van der Waals surface area (Å²) in [6.45, 7) is 5.59. The summed E-state index contributed by atoms with van der Waals surface area (Å²) < 4.78 is 1.22. The van der Waals surface area contributed by atoms with Gasteiger partial charge in [0.05, 0.1) is 10.2 Å². The molecule has 2 aromatic rings. The molecule has 112 valence electrons. The highest BCUT2D eigenvalue weighted by Crippen LogP contribution is 2.30. The van der Waals surface area contributed by atoms with E-state index in [1.807, 2.05) is 0 Å². The zero-order valence-corrected chi connectivity index (χ0v) is 12.9. The number of piperazine rings is 1. The van der Waals surface area contributed by atoms with Gasteiger partial charge in [0.15, 0.2) is 0 Å². The summed E-state index contributed by atoms with van der Waals surface area (Å²) in [5.41, 5.74) is 6.94. The largest absolute Gasteiger partial charge is 0.353 e. The molecule has 1 aliphatic heterocycles. The fourth-order valence-corrected chi connectivity index (χ4v) is 4.31. The summed E-state index contributed by atoms with van der Waals surface area (Å²) in [5.74, 6) is 1.94. The van der Waals surface area contributed by atoms with Crippen LogP contribution in [-0.4, -0.2) is 53.6 Å². The number of nitrogens with two attached hydrogens (primary N) is 1. The minimum absolute atomic E-state index is 0.462. The third kappa shape index (κ3) is 2.63. The van der Waals surface area contributed by atoms with Crippen LogP contribution in [0.2, 0.25) is 0 Å². The van der Waals surface area contributed by atoms with Gasteiger partial charge in [-0.2, -0.15) is 0 Å². The first kappa shape index (κ1) is 13.4. The Morgan fingerprint density at radius 2 is 2.00 bits per heavy atom. The smallest absolute Gasteiger partial charge is 0.150 e. The SMILES string of the molecule is NC1CC(CN2CCN(c3ncnc4ccsc34)CC2)C1. The Hall–Kier alpha value is -1.24. The van der Waals surface area contributed by atoms with Crippen molar-refractivity contribution in [1.29, 1.82) is 0 Å². The average molecular weight is 303 g/mol. The molecule has 2 N–H and O–H groups in total. The highest BCUT2D eigenvalue weighted by atomic mass is 32.1. The lowest BCUT2D eigenvalue weighted by Gasteiger charge is -2.40. The fraction of sp³-hybridized carbons (Fsp3) is 0.600. The van der Waals surface area contributed by atoms with E-state index in [1.54, 1.807) is 17.7 Å². The van der Waals surface area contributed by atoms with Crippen LogP contribution in [0.1, 0.15) is 12.8 Å². The molecule has 2 aliphatic rings. The van der Waals surface area contributed by atoms with Gasteiger partial charge in [-0.15, -0.1) is 11.3 Å². The number of nitrogens with zero attached hydrogens (tertiary/aromatic N) is 4. The molecule has 1 saturated heterocycles. The van der Waals surface area contributed by atoms with E-state index in [0.717, 1.165) is 43.4 Å². The maximum atomic E-state index is 5.87. The van der Waals surface area contributed by atoms with Crippen LogP contribution in [0, 0.1) is 5.92 Å². The molecule has 3 heterocycles.